The van der Waals surface area contributed by atoms with Crippen molar-refractivity contribution in [2.24, 2.45) is 5.92 Å². The molecule has 4 amide bonds. The molecule has 0 spiro atoms. The van der Waals surface area contributed by atoms with E-state index in [9.17, 15) is 27.6 Å². The summed E-state index contributed by atoms with van der Waals surface area (Å²) in [7, 11) is -4.07. The zero-order valence-corrected chi connectivity index (χ0v) is 17.2. The predicted octanol–water partition coefficient (Wildman–Crippen LogP) is 0.520. The standard InChI is InChI=1S/C20H23N3O6S/c24-17-11-13(12-23(17)14-5-1-2-6-14)18(25)21-30(28,29)10-9-22-19(26)15-7-3-4-8-16(15)20(22)27/h3-4,7-8,13-14H,1-2,5-6,9-12H2,(H,21,25). The highest BCUT2D eigenvalue weighted by Crippen LogP contribution is 2.29. The lowest BCUT2D eigenvalue weighted by Crippen LogP contribution is -2.42. The van der Waals surface area contributed by atoms with E-state index in [-0.39, 0.29) is 42.6 Å². The van der Waals surface area contributed by atoms with Crippen LogP contribution in [0.4, 0.5) is 0 Å². The minimum Gasteiger partial charge on any atom is -0.339 e. The highest BCUT2D eigenvalue weighted by molar-refractivity contribution is 7.90. The van der Waals surface area contributed by atoms with Gasteiger partial charge in [0.25, 0.3) is 11.8 Å². The number of carbonyl (C=O) groups excluding carboxylic acids is 4. The number of carbonyl (C=O) groups is 4. The number of benzene rings is 1. The molecule has 2 heterocycles. The number of amides is 4. The van der Waals surface area contributed by atoms with Gasteiger partial charge in [0.1, 0.15) is 0 Å². The number of nitrogens with zero attached hydrogens (tertiary/aromatic N) is 2. The Balaban J connectivity index is 1.34. The maximum absolute atomic E-state index is 12.5. The smallest absolute Gasteiger partial charge is 0.261 e. The first-order chi connectivity index (χ1) is 14.3. The lowest BCUT2D eigenvalue weighted by atomic mass is 10.1. The van der Waals surface area contributed by atoms with Crippen molar-refractivity contribution >= 4 is 33.7 Å². The first-order valence-corrected chi connectivity index (χ1v) is 11.7. The Kier molecular flexibility index (Phi) is 5.35. The van der Waals surface area contributed by atoms with Crippen molar-refractivity contribution in [2.75, 3.05) is 18.8 Å². The molecule has 1 atom stereocenters. The Morgan fingerprint density at radius 1 is 1.03 bits per heavy atom. The van der Waals surface area contributed by atoms with Crippen LogP contribution in [0.1, 0.15) is 52.8 Å². The third-order valence-electron chi connectivity index (χ3n) is 6.01. The van der Waals surface area contributed by atoms with Crippen LogP contribution in [0.3, 0.4) is 0 Å². The summed E-state index contributed by atoms with van der Waals surface area (Å²) >= 11 is 0. The summed E-state index contributed by atoms with van der Waals surface area (Å²) in [5, 5.41) is 0. The molecule has 3 aliphatic rings. The van der Waals surface area contributed by atoms with E-state index in [0.717, 1.165) is 30.6 Å². The Morgan fingerprint density at radius 3 is 2.23 bits per heavy atom. The molecule has 0 aromatic heterocycles. The van der Waals surface area contributed by atoms with Crippen molar-refractivity contribution in [3.63, 3.8) is 0 Å². The SMILES string of the molecule is O=C(NS(=O)(=O)CCN1C(=O)c2ccccc2C1=O)C1CC(=O)N(C2CCCC2)C1. The summed E-state index contributed by atoms with van der Waals surface area (Å²) in [6.07, 6.45) is 3.93. The fourth-order valence-corrected chi connectivity index (χ4v) is 5.42. The second-order valence-corrected chi connectivity index (χ2v) is 9.82. The molecule has 1 unspecified atom stereocenters. The average molecular weight is 433 g/mol. The van der Waals surface area contributed by atoms with Crippen molar-refractivity contribution < 1.29 is 27.6 Å². The zero-order chi connectivity index (χ0) is 21.5. The monoisotopic (exact) mass is 433 g/mol. The molecule has 4 rings (SSSR count). The van der Waals surface area contributed by atoms with Gasteiger partial charge in [-0.05, 0) is 25.0 Å². The predicted molar refractivity (Wildman–Crippen MR) is 106 cm³/mol. The van der Waals surface area contributed by atoms with Crippen LogP contribution < -0.4 is 4.72 Å². The van der Waals surface area contributed by atoms with Crippen LogP contribution in [0.5, 0.6) is 0 Å². The van der Waals surface area contributed by atoms with Gasteiger partial charge < -0.3 is 4.90 Å². The topological polar surface area (TPSA) is 121 Å². The van der Waals surface area contributed by atoms with Crippen molar-refractivity contribution in [3.05, 3.63) is 35.4 Å². The Hall–Kier alpha value is -2.75. The normalized spacial score (nSPS) is 22.1. The third-order valence-corrected chi connectivity index (χ3v) is 7.24. The number of fused-ring (bicyclic) bond motifs is 1. The van der Waals surface area contributed by atoms with E-state index in [2.05, 4.69) is 0 Å². The largest absolute Gasteiger partial charge is 0.339 e. The molecule has 1 N–H and O–H groups in total. The van der Waals surface area contributed by atoms with Gasteiger partial charge in [-0.25, -0.2) is 8.42 Å². The molecule has 160 valence electrons. The molecule has 1 saturated heterocycles. The molecular weight excluding hydrogens is 410 g/mol. The zero-order valence-electron chi connectivity index (χ0n) is 16.4. The molecule has 9 nitrogen and oxygen atoms in total. The number of nitrogens with one attached hydrogen (secondary N) is 1. The second kappa shape index (κ2) is 7.82. The fraction of sp³-hybridized carbons (Fsp3) is 0.500. The van der Waals surface area contributed by atoms with Crippen LogP contribution >= 0.6 is 0 Å². The third kappa shape index (κ3) is 3.83. The number of likely N-dealkylation sites (tertiary alicyclic amines) is 1. The van der Waals surface area contributed by atoms with E-state index in [4.69, 9.17) is 0 Å². The maximum atomic E-state index is 12.5. The number of hydrogen-bond donors (Lipinski definition) is 1. The van der Waals surface area contributed by atoms with Gasteiger partial charge in [0.05, 0.1) is 22.8 Å². The number of rotatable bonds is 6. The lowest BCUT2D eigenvalue weighted by Gasteiger charge is -2.23. The van der Waals surface area contributed by atoms with Crippen molar-refractivity contribution in [1.29, 1.82) is 0 Å². The summed E-state index contributed by atoms with van der Waals surface area (Å²) in [5.41, 5.74) is 0.473. The Bertz CT molecular complexity index is 980. The first kappa shape index (κ1) is 20.5. The van der Waals surface area contributed by atoms with Crippen LogP contribution in [-0.4, -0.2) is 66.7 Å². The minimum absolute atomic E-state index is 0.00371. The molecule has 10 heteroatoms. The summed E-state index contributed by atoms with van der Waals surface area (Å²) in [6.45, 7) is -0.129. The molecule has 2 aliphatic heterocycles. The molecule has 1 aromatic rings. The van der Waals surface area contributed by atoms with E-state index in [1.165, 1.54) is 12.1 Å². The summed E-state index contributed by atoms with van der Waals surface area (Å²) < 4.78 is 26.8. The molecule has 2 fully saturated rings. The van der Waals surface area contributed by atoms with E-state index >= 15 is 0 Å². The summed E-state index contributed by atoms with van der Waals surface area (Å²) in [5.74, 6) is -3.24. The second-order valence-electron chi connectivity index (χ2n) is 7.98. The van der Waals surface area contributed by atoms with Gasteiger partial charge in [0.15, 0.2) is 0 Å². The van der Waals surface area contributed by atoms with Gasteiger partial charge >= 0.3 is 0 Å². The summed E-state index contributed by atoms with van der Waals surface area (Å²) in [4.78, 5) is 51.9. The van der Waals surface area contributed by atoms with Gasteiger partial charge in [-0.15, -0.1) is 0 Å². The molecular formula is C20H23N3O6S. The Labute approximate surface area is 174 Å². The fourth-order valence-electron chi connectivity index (χ4n) is 4.42. The molecule has 1 aromatic carbocycles. The highest BCUT2D eigenvalue weighted by Gasteiger charge is 2.40. The maximum Gasteiger partial charge on any atom is 0.261 e. The number of hydrogen-bond acceptors (Lipinski definition) is 6. The van der Waals surface area contributed by atoms with Gasteiger partial charge in [-0.1, -0.05) is 25.0 Å². The number of imide groups is 1. The van der Waals surface area contributed by atoms with Crippen LogP contribution in [0.15, 0.2) is 24.3 Å². The van der Waals surface area contributed by atoms with Crippen LogP contribution in [0.2, 0.25) is 0 Å². The van der Waals surface area contributed by atoms with E-state index in [0.29, 0.717) is 0 Å². The van der Waals surface area contributed by atoms with Gasteiger partial charge in [-0.2, -0.15) is 0 Å². The molecule has 0 bridgehead atoms. The van der Waals surface area contributed by atoms with Crippen molar-refractivity contribution in [1.82, 2.24) is 14.5 Å². The first-order valence-electron chi connectivity index (χ1n) is 10.1. The van der Waals surface area contributed by atoms with E-state index in [1.54, 1.807) is 17.0 Å². The molecule has 30 heavy (non-hydrogen) atoms. The minimum atomic E-state index is -4.07. The molecule has 0 radical (unpaired) electrons. The van der Waals surface area contributed by atoms with Crippen molar-refractivity contribution in [2.45, 2.75) is 38.1 Å². The van der Waals surface area contributed by atoms with E-state index in [1.807, 2.05) is 4.72 Å². The van der Waals surface area contributed by atoms with Gasteiger partial charge in [0.2, 0.25) is 21.8 Å². The lowest BCUT2D eigenvalue weighted by molar-refractivity contribution is -0.130. The number of sulfonamides is 1. The molecule has 1 aliphatic carbocycles. The van der Waals surface area contributed by atoms with E-state index < -0.39 is 39.4 Å². The van der Waals surface area contributed by atoms with Crippen molar-refractivity contribution in [3.8, 4) is 0 Å². The quantitative estimate of drug-likeness (QED) is 0.653. The van der Waals surface area contributed by atoms with Crippen LogP contribution in [0.25, 0.3) is 0 Å². The Morgan fingerprint density at radius 2 is 1.63 bits per heavy atom. The average Bonchev–Trinajstić information content (AvgIpc) is 3.41. The molecule has 1 saturated carbocycles. The summed E-state index contributed by atoms with van der Waals surface area (Å²) in [6, 6.07) is 6.42. The van der Waals surface area contributed by atoms with Gasteiger partial charge in [-0.3, -0.25) is 28.8 Å². The van der Waals surface area contributed by atoms with Gasteiger partial charge in [0, 0.05) is 25.6 Å². The van der Waals surface area contributed by atoms with Crippen LogP contribution in [-0.2, 0) is 19.6 Å². The highest BCUT2D eigenvalue weighted by atomic mass is 32.2. The van der Waals surface area contributed by atoms with Crippen LogP contribution in [0, 0.1) is 5.92 Å².